The molecule has 2 aliphatic heterocycles. The van der Waals surface area contributed by atoms with Gasteiger partial charge < -0.3 is 19.0 Å². The SMILES string of the molecule is Cc1c([C@@H]2C[C@H](C)CN2C(=O)OC(C)(C)C)[nH]c2ccc(-c3ccc(-c4ccc5nc([C@@H]6C[C@H](C)CN6C(=O)OC(C)(C)C)n(C)c5c4)cc3)cc12. The zero-order valence-corrected chi connectivity index (χ0v) is 32.3. The van der Waals surface area contributed by atoms with E-state index in [1.165, 1.54) is 10.9 Å². The lowest BCUT2D eigenvalue weighted by Crippen LogP contribution is -2.37. The minimum atomic E-state index is -0.553. The quantitative estimate of drug-likeness (QED) is 0.201. The summed E-state index contributed by atoms with van der Waals surface area (Å²) in [7, 11) is 2.04. The fourth-order valence-corrected chi connectivity index (χ4v) is 8.06. The van der Waals surface area contributed by atoms with E-state index in [-0.39, 0.29) is 24.3 Å². The molecule has 2 aliphatic rings. The van der Waals surface area contributed by atoms with Crippen molar-refractivity contribution in [1.82, 2.24) is 24.3 Å². The first-order valence-electron chi connectivity index (χ1n) is 18.6. The van der Waals surface area contributed by atoms with Gasteiger partial charge in [0, 0.05) is 36.7 Å². The summed E-state index contributed by atoms with van der Waals surface area (Å²) in [6, 6.07) is 21.5. The summed E-state index contributed by atoms with van der Waals surface area (Å²) in [4.78, 5) is 38.7. The number of nitrogens with zero attached hydrogens (tertiary/aromatic N) is 4. The maximum absolute atomic E-state index is 13.2. The van der Waals surface area contributed by atoms with Crippen LogP contribution in [0.2, 0.25) is 0 Å². The van der Waals surface area contributed by atoms with Crippen LogP contribution >= 0.6 is 0 Å². The molecule has 9 heteroatoms. The van der Waals surface area contributed by atoms with Gasteiger partial charge in [-0.25, -0.2) is 14.6 Å². The van der Waals surface area contributed by atoms with Gasteiger partial charge in [-0.3, -0.25) is 9.80 Å². The number of carbonyl (C=O) groups excluding carboxylic acids is 2. The first-order chi connectivity index (χ1) is 24.5. The fraction of sp³-hybridized carbons (Fsp3) is 0.465. The zero-order chi connectivity index (χ0) is 37.3. The van der Waals surface area contributed by atoms with Gasteiger partial charge in [0.25, 0.3) is 0 Å². The molecule has 9 nitrogen and oxygen atoms in total. The van der Waals surface area contributed by atoms with Gasteiger partial charge in [-0.05, 0) is 125 Å². The smallest absolute Gasteiger partial charge is 0.410 e. The highest BCUT2D eigenvalue weighted by atomic mass is 16.6. The molecule has 4 heterocycles. The summed E-state index contributed by atoms with van der Waals surface area (Å²) in [6.45, 7) is 19.3. The highest BCUT2D eigenvalue weighted by Crippen LogP contribution is 2.41. The van der Waals surface area contributed by atoms with Gasteiger partial charge >= 0.3 is 12.2 Å². The molecule has 0 bridgehead atoms. The van der Waals surface area contributed by atoms with Gasteiger partial charge in [-0.2, -0.15) is 0 Å². The fourth-order valence-electron chi connectivity index (χ4n) is 8.06. The Morgan fingerprint density at radius 2 is 1.23 bits per heavy atom. The van der Waals surface area contributed by atoms with Crippen molar-refractivity contribution in [1.29, 1.82) is 0 Å². The molecular formula is C43H53N5O4. The molecule has 0 unspecified atom stereocenters. The van der Waals surface area contributed by atoms with E-state index in [9.17, 15) is 9.59 Å². The number of rotatable bonds is 4. The molecule has 7 rings (SSSR count). The van der Waals surface area contributed by atoms with E-state index in [2.05, 4.69) is 91.0 Å². The Labute approximate surface area is 307 Å². The Balaban J connectivity index is 1.13. The van der Waals surface area contributed by atoms with Gasteiger partial charge in [0.2, 0.25) is 0 Å². The van der Waals surface area contributed by atoms with Gasteiger partial charge in [0.1, 0.15) is 17.0 Å². The molecular weight excluding hydrogens is 651 g/mol. The second-order valence-corrected chi connectivity index (χ2v) is 17.2. The van der Waals surface area contributed by atoms with Crippen LogP contribution in [0, 0.1) is 18.8 Å². The number of benzene rings is 3. The molecule has 52 heavy (non-hydrogen) atoms. The zero-order valence-electron chi connectivity index (χ0n) is 32.3. The Morgan fingerprint density at radius 3 is 1.81 bits per heavy atom. The van der Waals surface area contributed by atoms with E-state index >= 15 is 0 Å². The number of nitrogens with one attached hydrogen (secondary N) is 1. The number of imidazole rings is 1. The first kappa shape index (κ1) is 35.6. The lowest BCUT2D eigenvalue weighted by molar-refractivity contribution is 0.0204. The van der Waals surface area contributed by atoms with Crippen LogP contribution in [0.25, 0.3) is 44.2 Å². The van der Waals surface area contributed by atoms with E-state index in [1.807, 2.05) is 58.4 Å². The standard InChI is InChI=1S/C43H53N5O4/c1-25-19-36(47(23-25)40(49)51-42(4,5)6)38-27(3)32-21-30(15-17-33(32)44-38)28-11-13-29(14-12-28)31-16-18-34-35(22-31)46(10)39(45-34)37-20-26(2)24-48(37)41(50)52-43(7,8)9/h11-18,21-22,25-26,36-37,44H,19-20,23-24H2,1-10H3/t25-,26-,36-,37-/m0/s1. The largest absolute Gasteiger partial charge is 0.444 e. The maximum Gasteiger partial charge on any atom is 0.410 e. The Kier molecular flexibility index (Phi) is 8.91. The van der Waals surface area contributed by atoms with E-state index < -0.39 is 11.2 Å². The minimum Gasteiger partial charge on any atom is -0.444 e. The summed E-state index contributed by atoms with van der Waals surface area (Å²) in [5.74, 6) is 1.64. The molecule has 0 radical (unpaired) electrons. The topological polar surface area (TPSA) is 92.7 Å². The minimum absolute atomic E-state index is 0.0431. The van der Waals surface area contributed by atoms with Crippen molar-refractivity contribution in [3.8, 4) is 22.3 Å². The van der Waals surface area contributed by atoms with Crippen molar-refractivity contribution < 1.29 is 19.1 Å². The number of aromatic nitrogens is 3. The molecule has 4 atom stereocenters. The molecule has 0 aliphatic carbocycles. The summed E-state index contributed by atoms with van der Waals surface area (Å²) >= 11 is 0. The summed E-state index contributed by atoms with van der Waals surface area (Å²) < 4.78 is 13.7. The number of H-pyrrole nitrogens is 1. The van der Waals surface area contributed by atoms with Crippen molar-refractivity contribution in [2.75, 3.05) is 13.1 Å². The van der Waals surface area contributed by atoms with Gasteiger partial charge in [-0.15, -0.1) is 0 Å². The number of aromatic amines is 1. The lowest BCUT2D eigenvalue weighted by Gasteiger charge is -2.28. The molecule has 5 aromatic rings. The third kappa shape index (κ3) is 6.89. The van der Waals surface area contributed by atoms with Crippen LogP contribution < -0.4 is 0 Å². The van der Waals surface area contributed by atoms with Crippen LogP contribution in [0.3, 0.4) is 0 Å². The molecule has 2 aromatic heterocycles. The van der Waals surface area contributed by atoms with Gasteiger partial charge in [0.15, 0.2) is 0 Å². The molecule has 2 saturated heterocycles. The summed E-state index contributed by atoms with van der Waals surface area (Å²) in [6.07, 6.45) is 1.22. The number of hydrogen-bond donors (Lipinski definition) is 1. The monoisotopic (exact) mass is 703 g/mol. The molecule has 0 spiro atoms. The second kappa shape index (κ2) is 13.0. The summed E-state index contributed by atoms with van der Waals surface area (Å²) in [5, 5.41) is 1.17. The summed E-state index contributed by atoms with van der Waals surface area (Å²) in [5.41, 5.74) is 8.70. The molecule has 2 amide bonds. The van der Waals surface area contributed by atoms with Crippen molar-refractivity contribution in [3.05, 3.63) is 77.7 Å². The first-order valence-corrected chi connectivity index (χ1v) is 18.6. The van der Waals surface area contributed by atoms with E-state index in [0.717, 1.165) is 63.2 Å². The molecule has 2 fully saturated rings. The van der Waals surface area contributed by atoms with Crippen LogP contribution in [0.4, 0.5) is 9.59 Å². The molecule has 0 saturated carbocycles. The Hall–Kier alpha value is -4.79. The van der Waals surface area contributed by atoms with Gasteiger partial charge in [-0.1, -0.05) is 50.2 Å². The van der Waals surface area contributed by atoms with Crippen LogP contribution in [0.1, 0.15) is 97.4 Å². The molecule has 3 aromatic carbocycles. The van der Waals surface area contributed by atoms with Crippen LogP contribution in [0.15, 0.2) is 60.7 Å². The number of carbonyl (C=O) groups is 2. The van der Waals surface area contributed by atoms with Crippen molar-refractivity contribution in [2.45, 2.75) is 98.4 Å². The Bertz CT molecular complexity index is 2000. The Morgan fingerprint density at radius 1 is 0.731 bits per heavy atom. The molecule has 1 N–H and O–H groups in total. The number of amides is 2. The van der Waals surface area contributed by atoms with Crippen LogP contribution in [0.5, 0.6) is 0 Å². The third-order valence-electron chi connectivity index (χ3n) is 10.5. The van der Waals surface area contributed by atoms with Crippen LogP contribution in [-0.4, -0.2) is 60.8 Å². The third-order valence-corrected chi connectivity index (χ3v) is 10.5. The molecule has 274 valence electrons. The van der Waals surface area contributed by atoms with Gasteiger partial charge in [0.05, 0.1) is 23.1 Å². The number of fused-ring (bicyclic) bond motifs is 2. The predicted octanol–water partition coefficient (Wildman–Crippen LogP) is 10.3. The maximum atomic E-state index is 13.2. The highest BCUT2D eigenvalue weighted by molar-refractivity contribution is 5.90. The van der Waals surface area contributed by atoms with E-state index in [0.29, 0.717) is 24.9 Å². The highest BCUT2D eigenvalue weighted by Gasteiger charge is 2.40. The van der Waals surface area contributed by atoms with Crippen LogP contribution in [-0.2, 0) is 16.5 Å². The van der Waals surface area contributed by atoms with Crippen molar-refractivity contribution in [2.24, 2.45) is 18.9 Å². The lowest BCUT2D eigenvalue weighted by atomic mass is 9.98. The number of likely N-dealkylation sites (tertiary alicyclic amines) is 2. The predicted molar refractivity (Wildman–Crippen MR) is 207 cm³/mol. The van der Waals surface area contributed by atoms with E-state index in [1.54, 1.807) is 0 Å². The van der Waals surface area contributed by atoms with Crippen molar-refractivity contribution >= 4 is 34.1 Å². The number of hydrogen-bond acceptors (Lipinski definition) is 5. The van der Waals surface area contributed by atoms with Crippen molar-refractivity contribution in [3.63, 3.8) is 0 Å². The average molecular weight is 704 g/mol. The normalized spacial score (nSPS) is 21.0. The number of ether oxygens (including phenoxy) is 2. The second-order valence-electron chi connectivity index (χ2n) is 17.2. The number of aryl methyl sites for hydroxylation is 2. The van der Waals surface area contributed by atoms with E-state index in [4.69, 9.17) is 14.5 Å². The average Bonchev–Trinajstić information content (AvgIpc) is 3.82.